The highest BCUT2D eigenvalue weighted by Crippen LogP contribution is 2.12. The molecule has 0 aliphatic carbocycles. The second kappa shape index (κ2) is 7.13. The zero-order chi connectivity index (χ0) is 13.5. The quantitative estimate of drug-likeness (QED) is 0.753. The zero-order valence-electron chi connectivity index (χ0n) is 11.3. The molecule has 0 aliphatic heterocycles. The Kier molecular flexibility index (Phi) is 5.82. The summed E-state index contributed by atoms with van der Waals surface area (Å²) >= 11 is 0. The highest BCUT2D eigenvalue weighted by atomic mass is 16.3. The number of rotatable bonds is 6. The lowest BCUT2D eigenvalue weighted by atomic mass is 10.1. The topological polar surface area (TPSA) is 52.6 Å². The fourth-order valence-corrected chi connectivity index (χ4v) is 1.93. The molecule has 1 rings (SSSR count). The predicted octanol–water partition coefficient (Wildman–Crippen LogP) is 1.52. The standard InChI is InChI=1S/C14H22N2O2/c1-4-16(5-2)11(3)15-14(18)13(17)12-9-7-6-8-10-12/h6-11,13,17H,4-5H2,1-3H3,(H,15,18). The van der Waals surface area contributed by atoms with Gasteiger partial charge in [-0.1, -0.05) is 44.2 Å². The molecule has 2 atom stereocenters. The summed E-state index contributed by atoms with van der Waals surface area (Å²) in [6.07, 6.45) is -1.19. The predicted molar refractivity (Wildman–Crippen MR) is 71.9 cm³/mol. The maximum atomic E-state index is 11.9. The Morgan fingerprint density at radius 2 is 1.83 bits per heavy atom. The first-order valence-corrected chi connectivity index (χ1v) is 6.37. The number of hydrogen-bond acceptors (Lipinski definition) is 3. The Bertz CT molecular complexity index is 363. The second-order valence-electron chi connectivity index (χ2n) is 4.22. The van der Waals surface area contributed by atoms with Gasteiger partial charge in [0.15, 0.2) is 6.10 Å². The van der Waals surface area contributed by atoms with E-state index in [-0.39, 0.29) is 12.1 Å². The third-order valence-electron chi connectivity index (χ3n) is 3.07. The molecule has 1 aromatic rings. The summed E-state index contributed by atoms with van der Waals surface area (Å²) in [6, 6.07) is 8.95. The van der Waals surface area contributed by atoms with Gasteiger partial charge in [0.25, 0.3) is 5.91 Å². The van der Waals surface area contributed by atoms with Crippen LogP contribution in [0.25, 0.3) is 0 Å². The molecule has 0 heterocycles. The Morgan fingerprint density at radius 3 is 2.33 bits per heavy atom. The third-order valence-corrected chi connectivity index (χ3v) is 3.07. The van der Waals surface area contributed by atoms with E-state index in [4.69, 9.17) is 0 Å². The fraction of sp³-hybridized carbons (Fsp3) is 0.500. The molecule has 100 valence electrons. The Balaban J connectivity index is 2.60. The number of carbonyl (C=O) groups is 1. The van der Waals surface area contributed by atoms with E-state index in [1.54, 1.807) is 24.3 Å². The monoisotopic (exact) mass is 250 g/mol. The van der Waals surface area contributed by atoms with E-state index in [1.165, 1.54) is 0 Å². The van der Waals surface area contributed by atoms with Crippen LogP contribution >= 0.6 is 0 Å². The van der Waals surface area contributed by atoms with Crippen LogP contribution in [0.2, 0.25) is 0 Å². The molecule has 2 N–H and O–H groups in total. The van der Waals surface area contributed by atoms with Crippen LogP contribution in [0.4, 0.5) is 0 Å². The lowest BCUT2D eigenvalue weighted by Crippen LogP contribution is -2.47. The SMILES string of the molecule is CCN(CC)C(C)NC(=O)C(O)c1ccccc1. The van der Waals surface area contributed by atoms with Gasteiger partial charge in [-0.05, 0) is 25.6 Å². The normalized spacial score (nSPS) is 14.3. The van der Waals surface area contributed by atoms with Crippen molar-refractivity contribution in [3.63, 3.8) is 0 Å². The van der Waals surface area contributed by atoms with Crippen molar-refractivity contribution in [2.75, 3.05) is 13.1 Å². The van der Waals surface area contributed by atoms with Crippen LogP contribution in [0.1, 0.15) is 32.4 Å². The van der Waals surface area contributed by atoms with E-state index in [9.17, 15) is 9.90 Å². The van der Waals surface area contributed by atoms with Gasteiger partial charge in [-0.25, -0.2) is 0 Å². The Morgan fingerprint density at radius 1 is 1.28 bits per heavy atom. The average Bonchev–Trinajstić information content (AvgIpc) is 2.40. The van der Waals surface area contributed by atoms with Crippen LogP contribution in [0.5, 0.6) is 0 Å². The minimum Gasteiger partial charge on any atom is -0.378 e. The molecule has 0 bridgehead atoms. The number of aliphatic hydroxyl groups excluding tert-OH is 1. The smallest absolute Gasteiger partial charge is 0.254 e. The van der Waals surface area contributed by atoms with Gasteiger partial charge in [0.2, 0.25) is 0 Å². The summed E-state index contributed by atoms with van der Waals surface area (Å²) in [5.41, 5.74) is 0.613. The van der Waals surface area contributed by atoms with Crippen molar-refractivity contribution in [1.29, 1.82) is 0 Å². The molecular formula is C14H22N2O2. The van der Waals surface area contributed by atoms with E-state index in [1.807, 2.05) is 26.8 Å². The molecule has 4 heteroatoms. The van der Waals surface area contributed by atoms with Gasteiger partial charge < -0.3 is 10.4 Å². The van der Waals surface area contributed by atoms with Crippen molar-refractivity contribution in [2.24, 2.45) is 0 Å². The Labute approximate surface area is 109 Å². The van der Waals surface area contributed by atoms with E-state index >= 15 is 0 Å². The van der Waals surface area contributed by atoms with Crippen LogP contribution in [0, 0.1) is 0 Å². The summed E-state index contributed by atoms with van der Waals surface area (Å²) in [5.74, 6) is -0.361. The molecular weight excluding hydrogens is 228 g/mol. The van der Waals surface area contributed by atoms with Gasteiger partial charge >= 0.3 is 0 Å². The maximum absolute atomic E-state index is 11.9. The maximum Gasteiger partial charge on any atom is 0.254 e. The number of benzene rings is 1. The molecule has 0 aromatic heterocycles. The first-order valence-electron chi connectivity index (χ1n) is 6.37. The number of hydrogen-bond donors (Lipinski definition) is 2. The van der Waals surface area contributed by atoms with Gasteiger partial charge in [-0.2, -0.15) is 0 Å². The number of carbonyl (C=O) groups excluding carboxylic acids is 1. The van der Waals surface area contributed by atoms with E-state index in [2.05, 4.69) is 10.2 Å². The molecule has 2 unspecified atom stereocenters. The summed E-state index contributed by atoms with van der Waals surface area (Å²) in [4.78, 5) is 14.0. The van der Waals surface area contributed by atoms with Crippen molar-refractivity contribution in [1.82, 2.24) is 10.2 Å². The van der Waals surface area contributed by atoms with Gasteiger partial charge in [-0.15, -0.1) is 0 Å². The first kappa shape index (κ1) is 14.7. The minimum atomic E-state index is -1.11. The Hall–Kier alpha value is -1.39. The first-order chi connectivity index (χ1) is 8.60. The third kappa shape index (κ3) is 3.82. The highest BCUT2D eigenvalue weighted by Gasteiger charge is 2.20. The minimum absolute atomic E-state index is 0.0779. The van der Waals surface area contributed by atoms with Crippen molar-refractivity contribution in [3.8, 4) is 0 Å². The van der Waals surface area contributed by atoms with Crippen LogP contribution in [0.15, 0.2) is 30.3 Å². The van der Waals surface area contributed by atoms with Gasteiger partial charge in [0, 0.05) is 0 Å². The number of aliphatic hydroxyl groups is 1. The summed E-state index contributed by atoms with van der Waals surface area (Å²) < 4.78 is 0. The van der Waals surface area contributed by atoms with Crippen molar-refractivity contribution in [2.45, 2.75) is 33.0 Å². The summed E-state index contributed by atoms with van der Waals surface area (Å²) in [6.45, 7) is 7.72. The number of nitrogens with one attached hydrogen (secondary N) is 1. The second-order valence-corrected chi connectivity index (χ2v) is 4.22. The van der Waals surface area contributed by atoms with Gasteiger partial charge in [0.1, 0.15) is 0 Å². The molecule has 0 aliphatic rings. The molecule has 0 spiro atoms. The number of nitrogens with zero attached hydrogens (tertiary/aromatic N) is 1. The van der Waals surface area contributed by atoms with Crippen LogP contribution in [-0.4, -0.2) is 35.2 Å². The molecule has 1 amide bonds. The summed E-state index contributed by atoms with van der Waals surface area (Å²) in [5, 5.41) is 12.8. The molecule has 4 nitrogen and oxygen atoms in total. The lowest BCUT2D eigenvalue weighted by Gasteiger charge is -2.27. The average molecular weight is 250 g/mol. The van der Waals surface area contributed by atoms with E-state index in [0.29, 0.717) is 5.56 Å². The highest BCUT2D eigenvalue weighted by molar-refractivity contribution is 5.82. The van der Waals surface area contributed by atoms with Crippen molar-refractivity contribution < 1.29 is 9.90 Å². The lowest BCUT2D eigenvalue weighted by molar-refractivity contribution is -0.131. The molecule has 0 fully saturated rings. The van der Waals surface area contributed by atoms with Crippen LogP contribution in [-0.2, 0) is 4.79 Å². The largest absolute Gasteiger partial charge is 0.378 e. The molecule has 18 heavy (non-hydrogen) atoms. The van der Waals surface area contributed by atoms with Gasteiger partial charge in [-0.3, -0.25) is 9.69 Å². The van der Waals surface area contributed by atoms with Crippen molar-refractivity contribution >= 4 is 5.91 Å². The van der Waals surface area contributed by atoms with Gasteiger partial charge in [0.05, 0.1) is 6.17 Å². The molecule has 0 saturated heterocycles. The van der Waals surface area contributed by atoms with E-state index in [0.717, 1.165) is 13.1 Å². The van der Waals surface area contributed by atoms with Crippen molar-refractivity contribution in [3.05, 3.63) is 35.9 Å². The van der Waals surface area contributed by atoms with E-state index < -0.39 is 6.10 Å². The zero-order valence-corrected chi connectivity index (χ0v) is 11.3. The summed E-state index contributed by atoms with van der Waals surface area (Å²) in [7, 11) is 0. The fourth-order valence-electron chi connectivity index (χ4n) is 1.93. The molecule has 0 radical (unpaired) electrons. The van der Waals surface area contributed by atoms with Crippen LogP contribution in [0.3, 0.4) is 0 Å². The molecule has 1 aromatic carbocycles. The number of amides is 1. The molecule has 0 saturated carbocycles. The van der Waals surface area contributed by atoms with Crippen LogP contribution < -0.4 is 5.32 Å².